The first kappa shape index (κ1) is 13.5. The van der Waals surface area contributed by atoms with Gasteiger partial charge in [0.2, 0.25) is 0 Å². The van der Waals surface area contributed by atoms with Crippen LogP contribution in [-0.2, 0) is 4.79 Å². The molecule has 0 aromatic heterocycles. The molecule has 1 saturated heterocycles. The maximum atomic E-state index is 12.0. The van der Waals surface area contributed by atoms with E-state index in [9.17, 15) is 9.59 Å². The third kappa shape index (κ3) is 2.91. The summed E-state index contributed by atoms with van der Waals surface area (Å²) in [5.74, 6) is 1.26. The van der Waals surface area contributed by atoms with Crippen LogP contribution < -0.4 is 5.32 Å². The lowest BCUT2D eigenvalue weighted by Crippen LogP contribution is -2.48. The summed E-state index contributed by atoms with van der Waals surface area (Å²) in [5.41, 5.74) is 0. The van der Waals surface area contributed by atoms with Gasteiger partial charge in [-0.2, -0.15) is 0 Å². The Hall–Kier alpha value is -0.910. The van der Waals surface area contributed by atoms with Crippen LogP contribution in [0.3, 0.4) is 0 Å². The van der Waals surface area contributed by atoms with E-state index >= 15 is 0 Å². The van der Waals surface area contributed by atoms with E-state index in [4.69, 9.17) is 5.11 Å². The van der Waals surface area contributed by atoms with Crippen molar-refractivity contribution in [1.82, 2.24) is 10.2 Å². The molecule has 1 aliphatic heterocycles. The predicted octanol–water partition coefficient (Wildman–Crippen LogP) is 1.59. The predicted molar refractivity (Wildman–Crippen MR) is 70.5 cm³/mol. The minimum Gasteiger partial charge on any atom is -0.480 e. The highest BCUT2D eigenvalue weighted by Crippen LogP contribution is 2.30. The average Bonchev–Trinajstić information content (AvgIpc) is 2.94. The van der Waals surface area contributed by atoms with Crippen molar-refractivity contribution in [2.24, 2.45) is 11.8 Å². The molecule has 1 heterocycles. The number of hydrogen-bond acceptors (Lipinski definition) is 3. The Morgan fingerprint density at radius 2 is 2.22 bits per heavy atom. The van der Waals surface area contributed by atoms with Crippen molar-refractivity contribution < 1.29 is 14.7 Å². The van der Waals surface area contributed by atoms with Gasteiger partial charge in [0.1, 0.15) is 6.04 Å². The number of rotatable bonds is 3. The van der Waals surface area contributed by atoms with Crippen LogP contribution in [0.5, 0.6) is 0 Å². The molecule has 2 fully saturated rings. The van der Waals surface area contributed by atoms with Crippen molar-refractivity contribution in [2.45, 2.75) is 32.2 Å². The number of nitrogens with zero attached hydrogens (tertiary/aromatic N) is 1. The molecule has 2 amide bonds. The fraction of sp³-hybridized carbons (Fsp3) is 0.833. The van der Waals surface area contributed by atoms with Crippen LogP contribution >= 0.6 is 11.8 Å². The number of carboxylic acids is 1. The van der Waals surface area contributed by atoms with Crippen LogP contribution in [-0.4, -0.2) is 46.2 Å². The van der Waals surface area contributed by atoms with E-state index in [2.05, 4.69) is 12.2 Å². The lowest BCUT2D eigenvalue weighted by molar-refractivity contribution is -0.140. The lowest BCUT2D eigenvalue weighted by Gasteiger charge is -2.23. The summed E-state index contributed by atoms with van der Waals surface area (Å²) in [6, 6.07) is -0.900. The first-order valence-corrected chi connectivity index (χ1v) is 7.60. The molecule has 6 heteroatoms. The number of nitrogens with one attached hydrogen (secondary N) is 1. The minimum absolute atomic E-state index is 0.230. The van der Waals surface area contributed by atoms with Crippen molar-refractivity contribution in [3.8, 4) is 0 Å². The molecule has 102 valence electrons. The first-order valence-electron chi connectivity index (χ1n) is 6.44. The second kappa shape index (κ2) is 5.82. The van der Waals surface area contributed by atoms with Crippen LogP contribution in [0, 0.1) is 11.8 Å². The largest absolute Gasteiger partial charge is 0.480 e. The third-order valence-corrected chi connectivity index (χ3v) is 5.00. The summed E-state index contributed by atoms with van der Waals surface area (Å²) in [4.78, 5) is 24.4. The summed E-state index contributed by atoms with van der Waals surface area (Å²) < 4.78 is 0. The Labute approximate surface area is 111 Å². The lowest BCUT2D eigenvalue weighted by atomic mass is 9.98. The molecule has 0 bridgehead atoms. The van der Waals surface area contributed by atoms with Crippen LogP contribution in [0.25, 0.3) is 0 Å². The SMILES string of the molecule is CC1CCCC1CNC(=O)N1CSC[C@H]1C(=O)O. The van der Waals surface area contributed by atoms with Crippen LogP contribution in [0.1, 0.15) is 26.2 Å². The maximum Gasteiger partial charge on any atom is 0.327 e. The van der Waals surface area contributed by atoms with Gasteiger partial charge < -0.3 is 15.3 Å². The smallest absolute Gasteiger partial charge is 0.327 e. The Morgan fingerprint density at radius 3 is 2.83 bits per heavy atom. The normalized spacial score (nSPS) is 31.6. The number of amides is 2. The molecule has 1 aliphatic carbocycles. The van der Waals surface area contributed by atoms with Gasteiger partial charge in [-0.3, -0.25) is 0 Å². The number of aliphatic carboxylic acids is 1. The molecule has 2 unspecified atom stereocenters. The van der Waals surface area contributed by atoms with Gasteiger partial charge >= 0.3 is 12.0 Å². The van der Waals surface area contributed by atoms with Crippen molar-refractivity contribution >= 4 is 23.8 Å². The monoisotopic (exact) mass is 272 g/mol. The van der Waals surface area contributed by atoms with E-state index in [0.29, 0.717) is 30.0 Å². The average molecular weight is 272 g/mol. The fourth-order valence-electron chi connectivity index (χ4n) is 2.69. The number of hydrogen-bond donors (Lipinski definition) is 2. The molecular formula is C12H20N2O3S. The van der Waals surface area contributed by atoms with E-state index in [1.807, 2.05) is 0 Å². The van der Waals surface area contributed by atoms with Gasteiger partial charge in [0.15, 0.2) is 0 Å². The maximum absolute atomic E-state index is 12.0. The van der Waals surface area contributed by atoms with Crippen molar-refractivity contribution in [3.63, 3.8) is 0 Å². The van der Waals surface area contributed by atoms with Crippen molar-refractivity contribution in [1.29, 1.82) is 0 Å². The Morgan fingerprint density at radius 1 is 1.44 bits per heavy atom. The van der Waals surface area contributed by atoms with E-state index in [-0.39, 0.29) is 6.03 Å². The summed E-state index contributed by atoms with van der Waals surface area (Å²) in [6.07, 6.45) is 3.63. The molecule has 2 rings (SSSR count). The summed E-state index contributed by atoms with van der Waals surface area (Å²) in [5, 5.41) is 11.9. The summed E-state index contributed by atoms with van der Waals surface area (Å²) in [6.45, 7) is 2.89. The zero-order chi connectivity index (χ0) is 13.1. The highest BCUT2D eigenvalue weighted by atomic mass is 32.2. The number of carbonyl (C=O) groups excluding carboxylic acids is 1. The summed E-state index contributed by atoms with van der Waals surface area (Å²) in [7, 11) is 0. The molecule has 5 nitrogen and oxygen atoms in total. The fourth-order valence-corrected chi connectivity index (χ4v) is 3.84. The number of carboxylic acid groups (broad SMARTS) is 1. The standard InChI is InChI=1S/C12H20N2O3S/c1-8-3-2-4-9(8)5-13-12(17)14-7-18-6-10(14)11(15)16/h8-10H,2-7H2,1H3,(H,13,17)(H,15,16)/t8?,9?,10-/m0/s1. The molecule has 1 saturated carbocycles. The second-order valence-electron chi connectivity index (χ2n) is 5.18. The van der Waals surface area contributed by atoms with Crippen molar-refractivity contribution in [3.05, 3.63) is 0 Å². The van der Waals surface area contributed by atoms with Gasteiger partial charge in [-0.25, -0.2) is 9.59 Å². The molecule has 3 atom stereocenters. The molecule has 2 aliphatic rings. The highest BCUT2D eigenvalue weighted by molar-refractivity contribution is 7.99. The van der Waals surface area contributed by atoms with Crippen LogP contribution in [0.15, 0.2) is 0 Å². The molecular weight excluding hydrogens is 252 g/mol. The van der Waals surface area contributed by atoms with Crippen LogP contribution in [0.2, 0.25) is 0 Å². The Balaban J connectivity index is 1.82. The topological polar surface area (TPSA) is 69.6 Å². The molecule has 0 radical (unpaired) electrons. The Kier molecular flexibility index (Phi) is 4.37. The highest BCUT2D eigenvalue weighted by Gasteiger charge is 2.35. The van der Waals surface area contributed by atoms with Gasteiger partial charge in [-0.15, -0.1) is 11.8 Å². The first-order chi connectivity index (χ1) is 8.59. The van der Waals surface area contributed by atoms with Gasteiger partial charge in [0.25, 0.3) is 0 Å². The summed E-state index contributed by atoms with van der Waals surface area (Å²) >= 11 is 1.49. The second-order valence-corrected chi connectivity index (χ2v) is 6.18. The van der Waals surface area contributed by atoms with E-state index in [1.165, 1.54) is 35.9 Å². The van der Waals surface area contributed by atoms with Gasteiger partial charge in [-0.1, -0.05) is 19.8 Å². The zero-order valence-corrected chi connectivity index (χ0v) is 11.4. The van der Waals surface area contributed by atoms with Crippen LogP contribution in [0.4, 0.5) is 4.79 Å². The van der Waals surface area contributed by atoms with Gasteiger partial charge in [0.05, 0.1) is 5.88 Å². The molecule has 0 aromatic carbocycles. The zero-order valence-electron chi connectivity index (χ0n) is 10.6. The quantitative estimate of drug-likeness (QED) is 0.818. The Bertz CT molecular complexity index is 337. The number of urea groups is 1. The third-order valence-electron chi connectivity index (χ3n) is 3.98. The van der Waals surface area contributed by atoms with Gasteiger partial charge in [0, 0.05) is 12.3 Å². The van der Waals surface area contributed by atoms with Gasteiger partial charge in [-0.05, 0) is 18.3 Å². The van der Waals surface area contributed by atoms with E-state index in [0.717, 1.165) is 0 Å². The van der Waals surface area contributed by atoms with Crippen molar-refractivity contribution in [2.75, 3.05) is 18.2 Å². The minimum atomic E-state index is -0.913. The van der Waals surface area contributed by atoms with E-state index in [1.54, 1.807) is 0 Å². The number of carbonyl (C=O) groups is 2. The van der Waals surface area contributed by atoms with E-state index < -0.39 is 12.0 Å². The molecule has 2 N–H and O–H groups in total. The molecule has 18 heavy (non-hydrogen) atoms. The molecule has 0 spiro atoms. The number of thioether (sulfide) groups is 1. The molecule has 0 aromatic rings.